The van der Waals surface area contributed by atoms with E-state index in [1.54, 1.807) is 31.4 Å². The number of methoxy groups -OCH3 is 1. The van der Waals surface area contributed by atoms with E-state index < -0.39 is 74.0 Å². The number of hydrogen-bond donors (Lipinski definition) is 4. The average molecular weight is 698 g/mol. The molecule has 3 aliphatic carbocycles. The molecular formula is C32H43N9O7S. The molecule has 2 heterocycles. The van der Waals surface area contributed by atoms with E-state index in [0.717, 1.165) is 12.8 Å². The van der Waals surface area contributed by atoms with E-state index in [0.29, 0.717) is 30.0 Å². The number of aromatic nitrogens is 4. The van der Waals surface area contributed by atoms with Gasteiger partial charge in [0.2, 0.25) is 27.7 Å². The predicted molar refractivity (Wildman–Crippen MR) is 176 cm³/mol. The molecule has 6 rings (SSSR count). The largest absolute Gasteiger partial charge is 0.497 e. The third-order valence-corrected chi connectivity index (χ3v) is 11.3. The molecule has 1 aromatic carbocycles. The standard InChI is InChI=1S/C32H43N9O7S/c1-6-19-16-32(19,29(44)38-49(46,47)23-13-14-23)35-27(42)24-15-21(41-37-26(36-39-41)18-7-11-22(48-5)12-8-18)17-40(24)28(43)25(31(2,3)4)34-30(45)33-20-9-10-20/h6-8,11-12,19-21,23-25H,1,9-10,13-17H2,2-5H3,(H,35,42)(H,38,44)(H2,33,34,45)/t19-,21-,24+,25-,32-/m1/s1. The van der Waals surface area contributed by atoms with Crippen molar-refractivity contribution < 1.29 is 32.3 Å². The second kappa shape index (κ2) is 12.7. The number of benzene rings is 1. The average Bonchev–Trinajstić information content (AvgIpc) is 4.01. The van der Waals surface area contributed by atoms with Crippen LogP contribution in [0.3, 0.4) is 0 Å². The highest BCUT2D eigenvalue weighted by Crippen LogP contribution is 2.45. The lowest BCUT2D eigenvalue weighted by Gasteiger charge is -2.35. The zero-order valence-electron chi connectivity index (χ0n) is 28.0. The van der Waals surface area contributed by atoms with Crippen molar-refractivity contribution in [1.82, 2.24) is 45.8 Å². The van der Waals surface area contributed by atoms with E-state index in [9.17, 15) is 27.6 Å². The summed E-state index contributed by atoms with van der Waals surface area (Å²) < 4.78 is 32.6. The van der Waals surface area contributed by atoms with Gasteiger partial charge in [-0.2, -0.15) is 4.80 Å². The number of tetrazole rings is 1. The maximum absolute atomic E-state index is 14.4. The summed E-state index contributed by atoms with van der Waals surface area (Å²) in [5, 5.41) is 20.8. The summed E-state index contributed by atoms with van der Waals surface area (Å²) in [6.45, 7) is 9.21. The summed E-state index contributed by atoms with van der Waals surface area (Å²) in [4.78, 5) is 57.5. The van der Waals surface area contributed by atoms with Gasteiger partial charge in [-0.3, -0.25) is 19.1 Å². The third kappa shape index (κ3) is 7.26. The Bertz CT molecular complexity index is 1750. The van der Waals surface area contributed by atoms with E-state index in [-0.39, 0.29) is 25.4 Å². The highest BCUT2D eigenvalue weighted by atomic mass is 32.2. The van der Waals surface area contributed by atoms with Crippen LogP contribution in [0.4, 0.5) is 4.79 Å². The van der Waals surface area contributed by atoms with Crippen molar-refractivity contribution in [3.63, 3.8) is 0 Å². The number of sulfonamides is 1. The van der Waals surface area contributed by atoms with Gasteiger partial charge in [0.05, 0.1) is 18.4 Å². The number of hydrogen-bond acceptors (Lipinski definition) is 10. The molecular weight excluding hydrogens is 654 g/mol. The Hall–Kier alpha value is -4.54. The van der Waals surface area contributed by atoms with E-state index in [2.05, 4.69) is 42.7 Å². The first-order valence-electron chi connectivity index (χ1n) is 16.5. The maximum Gasteiger partial charge on any atom is 0.315 e. The van der Waals surface area contributed by atoms with Crippen LogP contribution < -0.4 is 25.4 Å². The van der Waals surface area contributed by atoms with Crippen molar-refractivity contribution in [1.29, 1.82) is 0 Å². The van der Waals surface area contributed by atoms with Gasteiger partial charge in [0.15, 0.2) is 0 Å². The summed E-state index contributed by atoms with van der Waals surface area (Å²) in [7, 11) is -2.32. The zero-order chi connectivity index (χ0) is 35.3. The highest BCUT2D eigenvalue weighted by Gasteiger charge is 2.62. The second-order valence-electron chi connectivity index (χ2n) is 14.4. The Kier molecular flexibility index (Phi) is 8.92. The molecule has 0 unspecified atom stereocenters. The topological polar surface area (TPSA) is 207 Å². The van der Waals surface area contributed by atoms with Crippen molar-refractivity contribution >= 4 is 33.8 Å². The minimum atomic E-state index is -3.88. The van der Waals surface area contributed by atoms with Crippen LogP contribution in [0.25, 0.3) is 11.4 Å². The summed E-state index contributed by atoms with van der Waals surface area (Å²) in [5.74, 6) is -1.50. The summed E-state index contributed by atoms with van der Waals surface area (Å²) >= 11 is 0. The predicted octanol–water partition coefficient (Wildman–Crippen LogP) is 1.04. The molecule has 5 atom stereocenters. The van der Waals surface area contributed by atoms with Crippen LogP contribution in [0.2, 0.25) is 0 Å². The summed E-state index contributed by atoms with van der Waals surface area (Å²) in [6, 6.07) is 3.97. The summed E-state index contributed by atoms with van der Waals surface area (Å²) in [5.41, 5.74) is -1.59. The molecule has 4 fully saturated rings. The monoisotopic (exact) mass is 697 g/mol. The number of carbonyl (C=O) groups is 4. The number of urea groups is 1. The molecule has 0 spiro atoms. The quantitative estimate of drug-likeness (QED) is 0.232. The lowest BCUT2D eigenvalue weighted by molar-refractivity contribution is -0.142. The van der Waals surface area contributed by atoms with Crippen molar-refractivity contribution in [2.45, 2.75) is 94.3 Å². The highest BCUT2D eigenvalue weighted by molar-refractivity contribution is 7.91. The minimum absolute atomic E-state index is 0.00792. The lowest BCUT2D eigenvalue weighted by Crippen LogP contribution is -2.61. The zero-order valence-corrected chi connectivity index (χ0v) is 28.8. The molecule has 3 saturated carbocycles. The minimum Gasteiger partial charge on any atom is -0.497 e. The fraction of sp³-hybridized carbons (Fsp3) is 0.594. The Morgan fingerprint density at radius 2 is 1.80 bits per heavy atom. The second-order valence-corrected chi connectivity index (χ2v) is 16.4. The van der Waals surface area contributed by atoms with Crippen molar-refractivity contribution in [2.24, 2.45) is 11.3 Å². The molecule has 49 heavy (non-hydrogen) atoms. The SMILES string of the molecule is C=C[C@@H]1C[C@]1(NC(=O)[C@@H]1C[C@@H](n2nnc(-c3ccc(OC)cc3)n2)CN1C(=O)[C@@H](NC(=O)NC1CC1)C(C)(C)C)C(=O)NS(=O)(=O)C1CC1. The molecule has 2 aromatic rings. The molecule has 1 aliphatic heterocycles. The molecule has 4 N–H and O–H groups in total. The van der Waals surface area contributed by atoms with Crippen LogP contribution in [0.15, 0.2) is 36.9 Å². The Morgan fingerprint density at radius 1 is 1.10 bits per heavy atom. The number of ether oxygens (including phenoxy) is 1. The molecule has 1 aromatic heterocycles. The van der Waals surface area contributed by atoms with E-state index >= 15 is 0 Å². The Labute approximate surface area is 284 Å². The van der Waals surface area contributed by atoms with Gasteiger partial charge in [-0.05, 0) is 67.0 Å². The van der Waals surface area contributed by atoms with Gasteiger partial charge in [-0.1, -0.05) is 26.8 Å². The molecule has 4 aliphatic rings. The molecule has 5 amide bonds. The van der Waals surface area contributed by atoms with Crippen LogP contribution in [-0.2, 0) is 24.4 Å². The van der Waals surface area contributed by atoms with Gasteiger partial charge in [-0.25, -0.2) is 13.2 Å². The molecule has 0 radical (unpaired) electrons. The first-order valence-corrected chi connectivity index (χ1v) is 18.0. The van der Waals surface area contributed by atoms with E-state index in [4.69, 9.17) is 4.74 Å². The van der Waals surface area contributed by atoms with Gasteiger partial charge >= 0.3 is 6.03 Å². The van der Waals surface area contributed by atoms with Gasteiger partial charge in [0.1, 0.15) is 23.4 Å². The molecule has 0 bridgehead atoms. The van der Waals surface area contributed by atoms with Crippen molar-refractivity contribution in [2.75, 3.05) is 13.7 Å². The van der Waals surface area contributed by atoms with Crippen LogP contribution in [-0.4, -0.2) is 99.8 Å². The lowest BCUT2D eigenvalue weighted by atomic mass is 9.85. The van der Waals surface area contributed by atoms with Gasteiger partial charge in [0, 0.05) is 30.5 Å². The number of carbonyl (C=O) groups excluding carboxylic acids is 4. The number of nitrogens with one attached hydrogen (secondary N) is 4. The van der Waals surface area contributed by atoms with Crippen LogP contribution >= 0.6 is 0 Å². The fourth-order valence-corrected chi connectivity index (χ4v) is 7.49. The number of rotatable bonds is 12. The van der Waals surface area contributed by atoms with E-state index in [1.807, 2.05) is 20.8 Å². The normalized spacial score (nSPS) is 25.6. The third-order valence-electron chi connectivity index (χ3n) is 9.52. The van der Waals surface area contributed by atoms with Crippen molar-refractivity contribution in [3.05, 3.63) is 36.9 Å². The number of likely N-dealkylation sites (tertiary alicyclic amines) is 1. The Morgan fingerprint density at radius 3 is 2.37 bits per heavy atom. The maximum atomic E-state index is 14.4. The van der Waals surface area contributed by atoms with Gasteiger partial charge in [0.25, 0.3) is 5.91 Å². The molecule has 17 heteroatoms. The smallest absolute Gasteiger partial charge is 0.315 e. The number of amides is 5. The first-order chi connectivity index (χ1) is 23.1. The van der Waals surface area contributed by atoms with Crippen LogP contribution in [0.5, 0.6) is 5.75 Å². The molecule has 16 nitrogen and oxygen atoms in total. The Balaban J connectivity index is 1.27. The van der Waals surface area contributed by atoms with Gasteiger partial charge in [-0.15, -0.1) is 16.8 Å². The van der Waals surface area contributed by atoms with Gasteiger partial charge < -0.3 is 25.6 Å². The first kappa shape index (κ1) is 34.3. The van der Waals surface area contributed by atoms with E-state index in [1.165, 1.54) is 15.8 Å². The molecule has 264 valence electrons. The number of nitrogens with zero attached hydrogens (tertiary/aromatic N) is 5. The van der Waals surface area contributed by atoms with Crippen LogP contribution in [0.1, 0.15) is 65.3 Å². The molecule has 1 saturated heterocycles. The van der Waals surface area contributed by atoms with Crippen LogP contribution in [0, 0.1) is 11.3 Å². The fourth-order valence-electron chi connectivity index (χ4n) is 6.13. The van der Waals surface area contributed by atoms with Crippen molar-refractivity contribution in [3.8, 4) is 17.1 Å². The summed E-state index contributed by atoms with van der Waals surface area (Å²) in [6.07, 6.45) is 4.38.